The van der Waals surface area contributed by atoms with E-state index in [-0.39, 0.29) is 0 Å². The molecule has 0 spiro atoms. The van der Waals surface area contributed by atoms with Crippen LogP contribution in [0.15, 0.2) is 0 Å². The molecule has 0 amide bonds. The Morgan fingerprint density at radius 2 is 1.56 bits per heavy atom. The van der Waals surface area contributed by atoms with Gasteiger partial charge in [-0.15, -0.1) is 0 Å². The minimum atomic E-state index is 0.371. The van der Waals surface area contributed by atoms with Gasteiger partial charge >= 0.3 is 0 Å². The zero-order valence-electron chi connectivity index (χ0n) is 10.8. The van der Waals surface area contributed by atoms with Gasteiger partial charge in [0.05, 0.1) is 0 Å². The lowest BCUT2D eigenvalue weighted by atomic mass is 10.0. The molecular formula is C14H26O2. The van der Waals surface area contributed by atoms with E-state index in [1.165, 1.54) is 32.1 Å². The van der Waals surface area contributed by atoms with Crippen LogP contribution in [0.5, 0.6) is 0 Å². The molecule has 0 bridgehead atoms. The molecule has 16 heavy (non-hydrogen) atoms. The highest BCUT2D eigenvalue weighted by molar-refractivity contribution is 5.49. The van der Waals surface area contributed by atoms with Gasteiger partial charge in [-0.05, 0) is 55.8 Å². The van der Waals surface area contributed by atoms with E-state index >= 15 is 0 Å². The Bertz CT molecular complexity index is 215. The van der Waals surface area contributed by atoms with Gasteiger partial charge in [0, 0.05) is 13.0 Å². The van der Waals surface area contributed by atoms with Gasteiger partial charge in [0.1, 0.15) is 6.29 Å². The van der Waals surface area contributed by atoms with Crippen LogP contribution in [0.25, 0.3) is 0 Å². The molecule has 0 saturated heterocycles. The molecule has 1 N–H and O–H groups in total. The van der Waals surface area contributed by atoms with Gasteiger partial charge in [-0.2, -0.15) is 0 Å². The molecule has 2 nitrogen and oxygen atoms in total. The second-order valence-electron chi connectivity index (χ2n) is 6.15. The Morgan fingerprint density at radius 1 is 1.06 bits per heavy atom. The van der Waals surface area contributed by atoms with Crippen LogP contribution in [0.2, 0.25) is 0 Å². The molecule has 94 valence electrons. The third-order valence-corrected chi connectivity index (χ3v) is 4.01. The van der Waals surface area contributed by atoms with Crippen molar-refractivity contribution in [1.29, 1.82) is 0 Å². The van der Waals surface area contributed by atoms with E-state index in [1.54, 1.807) is 0 Å². The Morgan fingerprint density at radius 3 is 1.94 bits per heavy atom. The normalized spacial score (nSPS) is 22.9. The van der Waals surface area contributed by atoms with Crippen LogP contribution in [0.1, 0.15) is 65.2 Å². The summed E-state index contributed by atoms with van der Waals surface area (Å²) in [6.45, 7) is 4.91. The smallest absolute Gasteiger partial charge is 0.120 e. The highest BCUT2D eigenvalue weighted by Crippen LogP contribution is 2.49. The molecule has 2 saturated carbocycles. The van der Waals surface area contributed by atoms with Crippen LogP contribution >= 0.6 is 0 Å². The summed E-state index contributed by atoms with van der Waals surface area (Å²) in [7, 11) is 0. The average Bonchev–Trinajstić information content (AvgIpc) is 3.16. The Kier molecular flexibility index (Phi) is 4.97. The Balaban J connectivity index is 0.000000160. The van der Waals surface area contributed by atoms with Crippen molar-refractivity contribution in [3.8, 4) is 0 Å². The van der Waals surface area contributed by atoms with E-state index in [4.69, 9.17) is 5.11 Å². The van der Waals surface area contributed by atoms with Crippen molar-refractivity contribution in [2.24, 2.45) is 10.8 Å². The van der Waals surface area contributed by atoms with Gasteiger partial charge < -0.3 is 9.90 Å². The van der Waals surface area contributed by atoms with Gasteiger partial charge in [-0.1, -0.05) is 13.8 Å². The Labute approximate surface area is 99.4 Å². The lowest BCUT2D eigenvalue weighted by molar-refractivity contribution is -0.108. The maximum absolute atomic E-state index is 9.88. The van der Waals surface area contributed by atoms with E-state index in [2.05, 4.69) is 13.8 Å². The predicted octanol–water partition coefficient (Wildman–Crippen LogP) is 3.32. The third-order valence-electron chi connectivity index (χ3n) is 4.01. The number of carbonyl (C=O) groups excluding carboxylic acids is 1. The van der Waals surface area contributed by atoms with Crippen molar-refractivity contribution < 1.29 is 9.90 Å². The summed E-state index contributed by atoms with van der Waals surface area (Å²) >= 11 is 0. The summed E-state index contributed by atoms with van der Waals surface area (Å²) < 4.78 is 0. The molecule has 0 atom stereocenters. The summed E-state index contributed by atoms with van der Waals surface area (Å²) in [6, 6.07) is 0. The first-order valence-electron chi connectivity index (χ1n) is 6.58. The molecule has 0 unspecified atom stereocenters. The molecule has 2 fully saturated rings. The standard InChI is InChI=1S/C7H14O.C7H12O/c2*1-7(4-5-7)3-2-6-8/h8H,2-6H2,1H3;6H,2-5H2,1H3. The van der Waals surface area contributed by atoms with E-state index in [1.807, 2.05) is 0 Å². The van der Waals surface area contributed by atoms with Gasteiger partial charge in [-0.25, -0.2) is 0 Å². The Hall–Kier alpha value is -0.370. The van der Waals surface area contributed by atoms with Crippen LogP contribution in [0.4, 0.5) is 0 Å². The number of hydrogen-bond acceptors (Lipinski definition) is 2. The summed E-state index contributed by atoms with van der Waals surface area (Å²) in [6.07, 6.45) is 10.5. The second kappa shape index (κ2) is 5.81. The molecule has 0 aliphatic heterocycles. The van der Waals surface area contributed by atoms with Crippen molar-refractivity contribution in [1.82, 2.24) is 0 Å². The molecule has 2 heteroatoms. The van der Waals surface area contributed by atoms with Crippen molar-refractivity contribution in [2.45, 2.75) is 65.2 Å². The van der Waals surface area contributed by atoms with Gasteiger partial charge in [0.2, 0.25) is 0 Å². The number of carbonyl (C=O) groups is 1. The van der Waals surface area contributed by atoms with Crippen molar-refractivity contribution in [3.05, 3.63) is 0 Å². The van der Waals surface area contributed by atoms with E-state index in [0.717, 1.165) is 25.5 Å². The number of aldehydes is 1. The number of rotatable bonds is 6. The van der Waals surface area contributed by atoms with E-state index < -0.39 is 0 Å². The molecule has 2 aliphatic rings. The van der Waals surface area contributed by atoms with Crippen molar-refractivity contribution in [3.63, 3.8) is 0 Å². The average molecular weight is 226 g/mol. The molecule has 2 aliphatic carbocycles. The summed E-state index contributed by atoms with van der Waals surface area (Å²) in [5.74, 6) is 0. The maximum Gasteiger partial charge on any atom is 0.120 e. The molecule has 2 rings (SSSR count). The fraction of sp³-hybridized carbons (Fsp3) is 0.929. The lowest BCUT2D eigenvalue weighted by Crippen LogP contribution is -1.93. The summed E-state index contributed by atoms with van der Waals surface area (Å²) in [5, 5.41) is 8.46. The monoisotopic (exact) mass is 226 g/mol. The molecule has 0 aromatic carbocycles. The number of aliphatic hydroxyl groups is 1. The number of aliphatic hydroxyl groups excluding tert-OH is 1. The third kappa shape index (κ3) is 5.64. The molecular weight excluding hydrogens is 200 g/mol. The van der Waals surface area contributed by atoms with Crippen LogP contribution in [0, 0.1) is 10.8 Å². The highest BCUT2D eigenvalue weighted by atomic mass is 16.2. The first kappa shape index (κ1) is 13.7. The minimum absolute atomic E-state index is 0.371. The zero-order valence-corrected chi connectivity index (χ0v) is 10.8. The summed E-state index contributed by atoms with van der Waals surface area (Å²) in [4.78, 5) is 9.88. The van der Waals surface area contributed by atoms with Crippen LogP contribution < -0.4 is 0 Å². The van der Waals surface area contributed by atoms with E-state index in [9.17, 15) is 4.79 Å². The minimum Gasteiger partial charge on any atom is -0.396 e. The number of hydrogen-bond donors (Lipinski definition) is 1. The quantitative estimate of drug-likeness (QED) is 0.705. The molecule has 0 heterocycles. The fourth-order valence-corrected chi connectivity index (χ4v) is 1.84. The van der Waals surface area contributed by atoms with Gasteiger partial charge in [0.15, 0.2) is 0 Å². The predicted molar refractivity (Wildman–Crippen MR) is 66.3 cm³/mol. The van der Waals surface area contributed by atoms with Gasteiger partial charge in [0.25, 0.3) is 0 Å². The first-order chi connectivity index (χ1) is 7.54. The zero-order chi connectivity index (χ0) is 12.1. The van der Waals surface area contributed by atoms with Crippen LogP contribution in [-0.4, -0.2) is 18.0 Å². The van der Waals surface area contributed by atoms with Crippen LogP contribution in [0.3, 0.4) is 0 Å². The molecule has 0 radical (unpaired) electrons. The van der Waals surface area contributed by atoms with Crippen LogP contribution in [-0.2, 0) is 4.79 Å². The lowest BCUT2D eigenvalue weighted by Gasteiger charge is -2.03. The SMILES string of the molecule is CC1(CCC=O)CC1.CC1(CCCO)CC1. The largest absolute Gasteiger partial charge is 0.396 e. The molecule has 0 aromatic rings. The summed E-state index contributed by atoms with van der Waals surface area (Å²) in [5.41, 5.74) is 1.21. The highest BCUT2D eigenvalue weighted by Gasteiger charge is 2.36. The topological polar surface area (TPSA) is 37.3 Å². The van der Waals surface area contributed by atoms with E-state index in [0.29, 0.717) is 17.4 Å². The second-order valence-corrected chi connectivity index (χ2v) is 6.15. The van der Waals surface area contributed by atoms with Gasteiger partial charge in [-0.3, -0.25) is 0 Å². The van der Waals surface area contributed by atoms with Crippen molar-refractivity contribution >= 4 is 6.29 Å². The fourth-order valence-electron chi connectivity index (χ4n) is 1.84. The maximum atomic E-state index is 9.88. The molecule has 0 aromatic heterocycles. The first-order valence-corrected chi connectivity index (χ1v) is 6.58. The van der Waals surface area contributed by atoms with Crippen molar-refractivity contribution in [2.75, 3.05) is 6.61 Å².